The zero-order chi connectivity index (χ0) is 14.9. The van der Waals surface area contributed by atoms with Crippen LogP contribution in [0, 0.1) is 5.41 Å². The number of Topliss-reactive ketones (excluding diaryl/α,β-unsaturated/α-hetero) is 1. The second-order valence-corrected chi connectivity index (χ2v) is 5.52. The Morgan fingerprint density at radius 1 is 1.15 bits per heavy atom. The molecule has 0 amide bonds. The summed E-state index contributed by atoms with van der Waals surface area (Å²) in [6, 6.07) is 4.42. The number of carboxylic acid groups (broad SMARTS) is 1. The summed E-state index contributed by atoms with van der Waals surface area (Å²) in [5.74, 6) is -0.939. The summed E-state index contributed by atoms with van der Waals surface area (Å²) in [5, 5.41) is 9.15. The molecule has 0 aliphatic carbocycles. The van der Waals surface area contributed by atoms with Crippen molar-refractivity contribution in [1.82, 2.24) is 4.98 Å². The Kier molecular flexibility index (Phi) is 3.44. The molecule has 1 N–H and O–H groups in total. The zero-order valence-electron chi connectivity index (χ0n) is 11.5. The van der Waals surface area contributed by atoms with Crippen molar-refractivity contribution in [2.45, 2.75) is 20.8 Å². The lowest BCUT2D eigenvalue weighted by Gasteiger charge is -2.17. The number of hydrogen-bond donors (Lipinski definition) is 1. The van der Waals surface area contributed by atoms with Crippen LogP contribution in [0.5, 0.6) is 0 Å². The number of oxazole rings is 1. The fraction of sp³-hybridized carbons (Fsp3) is 0.267. The molecule has 104 valence electrons. The standard InChI is InChI=1S/C15H15NO4/c1-15(2,3)12(17)9-6-10(13-16-4-5-20-13)8-11(7-9)14(18)19/h4-8H,1-3H3,(H,18,19). The van der Waals surface area contributed by atoms with Gasteiger partial charge in [0.1, 0.15) is 6.26 Å². The van der Waals surface area contributed by atoms with E-state index in [0.717, 1.165) is 0 Å². The number of carbonyl (C=O) groups is 2. The first-order valence-corrected chi connectivity index (χ1v) is 6.12. The molecule has 0 spiro atoms. The van der Waals surface area contributed by atoms with Crippen molar-refractivity contribution in [3.63, 3.8) is 0 Å². The Balaban J connectivity index is 2.58. The lowest BCUT2D eigenvalue weighted by molar-refractivity contribution is 0.0697. The van der Waals surface area contributed by atoms with Crippen molar-refractivity contribution in [2.75, 3.05) is 0 Å². The Hall–Kier alpha value is -2.43. The number of carbonyl (C=O) groups excluding carboxylic acids is 1. The van der Waals surface area contributed by atoms with Crippen molar-refractivity contribution >= 4 is 11.8 Å². The summed E-state index contributed by atoms with van der Waals surface area (Å²) in [6.07, 6.45) is 2.86. The predicted octanol–water partition coefficient (Wildman–Crippen LogP) is 3.27. The van der Waals surface area contributed by atoms with E-state index in [1.807, 2.05) is 0 Å². The van der Waals surface area contributed by atoms with E-state index in [1.165, 1.54) is 24.6 Å². The number of benzene rings is 1. The van der Waals surface area contributed by atoms with Gasteiger partial charge in [0.25, 0.3) is 0 Å². The van der Waals surface area contributed by atoms with Gasteiger partial charge in [0.05, 0.1) is 11.8 Å². The van der Waals surface area contributed by atoms with Gasteiger partial charge in [0, 0.05) is 16.5 Å². The van der Waals surface area contributed by atoms with Crippen LogP contribution in [0.15, 0.2) is 35.1 Å². The molecule has 0 aliphatic rings. The van der Waals surface area contributed by atoms with Crippen LogP contribution in [0.2, 0.25) is 0 Å². The second-order valence-electron chi connectivity index (χ2n) is 5.52. The number of aromatic nitrogens is 1. The van der Waals surface area contributed by atoms with Gasteiger partial charge < -0.3 is 9.52 Å². The van der Waals surface area contributed by atoms with E-state index in [0.29, 0.717) is 11.1 Å². The fourth-order valence-electron chi connectivity index (χ4n) is 1.80. The van der Waals surface area contributed by atoms with Crippen LogP contribution in [0.1, 0.15) is 41.5 Å². The lowest BCUT2D eigenvalue weighted by atomic mass is 9.85. The summed E-state index contributed by atoms with van der Waals surface area (Å²) in [6.45, 7) is 5.36. The van der Waals surface area contributed by atoms with E-state index in [2.05, 4.69) is 4.98 Å². The third-order valence-corrected chi connectivity index (χ3v) is 2.80. The maximum Gasteiger partial charge on any atom is 0.335 e. The highest BCUT2D eigenvalue weighted by Gasteiger charge is 2.24. The molecule has 20 heavy (non-hydrogen) atoms. The molecule has 0 aliphatic heterocycles. The third-order valence-electron chi connectivity index (χ3n) is 2.80. The number of nitrogens with zero attached hydrogens (tertiary/aromatic N) is 1. The summed E-state index contributed by atoms with van der Waals surface area (Å²) < 4.78 is 5.16. The van der Waals surface area contributed by atoms with Crippen molar-refractivity contribution in [3.05, 3.63) is 41.8 Å². The van der Waals surface area contributed by atoms with Gasteiger partial charge in [-0.3, -0.25) is 4.79 Å². The minimum atomic E-state index is -1.10. The molecule has 1 aromatic carbocycles. The van der Waals surface area contributed by atoms with Crippen molar-refractivity contribution in [3.8, 4) is 11.5 Å². The van der Waals surface area contributed by atoms with E-state index in [-0.39, 0.29) is 17.2 Å². The number of carboxylic acids is 1. The number of hydrogen-bond acceptors (Lipinski definition) is 4. The van der Waals surface area contributed by atoms with Crippen molar-refractivity contribution in [2.24, 2.45) is 5.41 Å². The van der Waals surface area contributed by atoms with Gasteiger partial charge in [-0.2, -0.15) is 0 Å². The molecule has 0 fully saturated rings. The van der Waals surface area contributed by atoms with Crippen LogP contribution in [0.25, 0.3) is 11.5 Å². The highest BCUT2D eigenvalue weighted by atomic mass is 16.4. The molecule has 1 heterocycles. The minimum Gasteiger partial charge on any atom is -0.478 e. The molecular formula is C15H15NO4. The summed E-state index contributed by atoms with van der Waals surface area (Å²) in [4.78, 5) is 27.5. The van der Waals surface area contributed by atoms with Gasteiger partial charge in [-0.15, -0.1) is 0 Å². The maximum absolute atomic E-state index is 12.3. The molecule has 0 saturated carbocycles. The van der Waals surface area contributed by atoms with E-state index < -0.39 is 11.4 Å². The van der Waals surface area contributed by atoms with Gasteiger partial charge >= 0.3 is 5.97 Å². The maximum atomic E-state index is 12.3. The molecule has 0 saturated heterocycles. The van der Waals surface area contributed by atoms with Crippen LogP contribution in [-0.2, 0) is 0 Å². The van der Waals surface area contributed by atoms with Gasteiger partial charge in [0.2, 0.25) is 5.89 Å². The second kappa shape index (κ2) is 4.92. The average molecular weight is 273 g/mol. The van der Waals surface area contributed by atoms with Crippen LogP contribution in [0.3, 0.4) is 0 Å². The van der Waals surface area contributed by atoms with Gasteiger partial charge in [-0.25, -0.2) is 9.78 Å². The minimum absolute atomic E-state index is 0.0355. The Morgan fingerprint density at radius 2 is 1.80 bits per heavy atom. The lowest BCUT2D eigenvalue weighted by Crippen LogP contribution is -2.20. The first-order chi connectivity index (χ1) is 9.29. The Bertz CT molecular complexity index is 651. The van der Waals surface area contributed by atoms with E-state index in [9.17, 15) is 9.59 Å². The molecule has 1 aromatic heterocycles. The molecule has 0 atom stereocenters. The Labute approximate surface area is 116 Å². The first-order valence-electron chi connectivity index (χ1n) is 6.12. The SMILES string of the molecule is CC(C)(C)C(=O)c1cc(C(=O)O)cc(-c2ncco2)c1. The van der Waals surface area contributed by atoms with Crippen molar-refractivity contribution in [1.29, 1.82) is 0 Å². The van der Waals surface area contributed by atoms with E-state index in [4.69, 9.17) is 9.52 Å². The average Bonchev–Trinajstić information content (AvgIpc) is 2.90. The fourth-order valence-corrected chi connectivity index (χ4v) is 1.80. The van der Waals surface area contributed by atoms with Crippen LogP contribution >= 0.6 is 0 Å². The molecule has 0 unspecified atom stereocenters. The number of rotatable bonds is 3. The molecule has 2 aromatic rings. The zero-order valence-corrected chi connectivity index (χ0v) is 11.5. The Morgan fingerprint density at radius 3 is 2.30 bits per heavy atom. The topological polar surface area (TPSA) is 80.4 Å². The normalized spacial score (nSPS) is 11.3. The van der Waals surface area contributed by atoms with Crippen LogP contribution < -0.4 is 0 Å². The summed E-state index contributed by atoms with van der Waals surface area (Å²) in [7, 11) is 0. The van der Waals surface area contributed by atoms with Crippen LogP contribution in [-0.4, -0.2) is 21.8 Å². The molecule has 0 bridgehead atoms. The first kappa shape index (κ1) is 14.0. The largest absolute Gasteiger partial charge is 0.478 e. The van der Waals surface area contributed by atoms with Gasteiger partial charge in [-0.1, -0.05) is 20.8 Å². The quantitative estimate of drug-likeness (QED) is 0.868. The predicted molar refractivity (Wildman–Crippen MR) is 72.7 cm³/mol. The molecule has 2 rings (SSSR count). The molecule has 5 nitrogen and oxygen atoms in total. The molecular weight excluding hydrogens is 258 g/mol. The van der Waals surface area contributed by atoms with Crippen LogP contribution in [0.4, 0.5) is 0 Å². The third kappa shape index (κ3) is 2.77. The molecule has 5 heteroatoms. The summed E-state index contributed by atoms with van der Waals surface area (Å²) >= 11 is 0. The monoisotopic (exact) mass is 273 g/mol. The van der Waals surface area contributed by atoms with Gasteiger partial charge in [0.15, 0.2) is 5.78 Å². The van der Waals surface area contributed by atoms with E-state index >= 15 is 0 Å². The highest BCUT2D eigenvalue weighted by molar-refractivity contribution is 6.02. The van der Waals surface area contributed by atoms with Gasteiger partial charge in [-0.05, 0) is 18.2 Å². The molecule has 0 radical (unpaired) electrons. The van der Waals surface area contributed by atoms with Crippen molar-refractivity contribution < 1.29 is 19.1 Å². The van der Waals surface area contributed by atoms with E-state index in [1.54, 1.807) is 26.8 Å². The highest BCUT2D eigenvalue weighted by Crippen LogP contribution is 2.26. The number of ketones is 1. The summed E-state index contributed by atoms with van der Waals surface area (Å²) in [5.41, 5.74) is 0.256. The number of aromatic carboxylic acids is 1. The smallest absolute Gasteiger partial charge is 0.335 e.